The van der Waals surface area contributed by atoms with Crippen molar-refractivity contribution in [1.82, 2.24) is 5.43 Å². The molecule has 4 heteroatoms. The molecule has 0 fully saturated rings. The molecule has 0 aliphatic carbocycles. The molecule has 0 saturated heterocycles. The minimum atomic E-state index is -0.0270. The molecule has 0 spiro atoms. The Kier molecular flexibility index (Phi) is 7.32. The number of benzene rings is 1. The van der Waals surface area contributed by atoms with E-state index in [-0.39, 0.29) is 5.91 Å². The van der Waals surface area contributed by atoms with Crippen molar-refractivity contribution in [3.63, 3.8) is 0 Å². The van der Waals surface area contributed by atoms with Gasteiger partial charge in [0, 0.05) is 6.42 Å². The van der Waals surface area contributed by atoms with Gasteiger partial charge in [0.05, 0.1) is 13.3 Å². The molecule has 0 heterocycles. The van der Waals surface area contributed by atoms with Crippen LogP contribution < -0.4 is 10.2 Å². The maximum absolute atomic E-state index is 11.5. The lowest BCUT2D eigenvalue weighted by Crippen LogP contribution is -2.16. The summed E-state index contributed by atoms with van der Waals surface area (Å²) in [5.74, 6) is 0.776. The van der Waals surface area contributed by atoms with Crippen LogP contribution in [0.1, 0.15) is 44.6 Å². The number of rotatable bonds is 8. The summed E-state index contributed by atoms with van der Waals surface area (Å²) in [7, 11) is 1.63. The summed E-state index contributed by atoms with van der Waals surface area (Å²) < 4.78 is 5.06. The number of carbonyl (C=O) groups is 1. The minimum absolute atomic E-state index is 0.0270. The van der Waals surface area contributed by atoms with E-state index in [0.29, 0.717) is 6.42 Å². The second-order valence-corrected chi connectivity index (χ2v) is 4.38. The van der Waals surface area contributed by atoms with Gasteiger partial charge in [0.25, 0.3) is 0 Å². The number of unbranched alkanes of at least 4 members (excludes halogenated alkanes) is 3. The molecule has 0 radical (unpaired) electrons. The molecule has 0 aromatic heterocycles. The Morgan fingerprint density at radius 1 is 1.26 bits per heavy atom. The average molecular weight is 262 g/mol. The number of hydrazone groups is 1. The first-order valence-electron chi connectivity index (χ1n) is 6.72. The number of nitrogens with one attached hydrogen (secondary N) is 1. The van der Waals surface area contributed by atoms with E-state index in [1.807, 2.05) is 24.3 Å². The van der Waals surface area contributed by atoms with Crippen LogP contribution in [-0.2, 0) is 4.79 Å². The zero-order valence-electron chi connectivity index (χ0n) is 11.7. The normalized spacial score (nSPS) is 10.6. The van der Waals surface area contributed by atoms with Crippen LogP contribution in [0.15, 0.2) is 29.4 Å². The van der Waals surface area contributed by atoms with E-state index in [1.54, 1.807) is 13.3 Å². The zero-order valence-corrected chi connectivity index (χ0v) is 11.7. The fraction of sp³-hybridized carbons (Fsp3) is 0.467. The molecule has 0 atom stereocenters. The van der Waals surface area contributed by atoms with E-state index < -0.39 is 0 Å². The predicted octanol–water partition coefficient (Wildman–Crippen LogP) is 3.12. The molecular weight excluding hydrogens is 240 g/mol. The monoisotopic (exact) mass is 262 g/mol. The van der Waals surface area contributed by atoms with Gasteiger partial charge in [-0.15, -0.1) is 0 Å². The van der Waals surface area contributed by atoms with Gasteiger partial charge in [-0.1, -0.05) is 26.2 Å². The van der Waals surface area contributed by atoms with Crippen molar-refractivity contribution in [2.24, 2.45) is 5.10 Å². The van der Waals surface area contributed by atoms with Crippen LogP contribution in [0, 0.1) is 0 Å². The first-order valence-corrected chi connectivity index (χ1v) is 6.72. The number of hydrogen-bond acceptors (Lipinski definition) is 3. The first kappa shape index (κ1) is 15.2. The van der Waals surface area contributed by atoms with E-state index >= 15 is 0 Å². The van der Waals surface area contributed by atoms with Crippen LogP contribution in [0.3, 0.4) is 0 Å². The highest BCUT2D eigenvalue weighted by atomic mass is 16.5. The van der Waals surface area contributed by atoms with Crippen LogP contribution in [0.5, 0.6) is 5.75 Å². The van der Waals surface area contributed by atoms with E-state index in [0.717, 1.165) is 24.2 Å². The molecule has 0 bridgehead atoms. The highest BCUT2D eigenvalue weighted by Gasteiger charge is 1.98. The van der Waals surface area contributed by atoms with Crippen molar-refractivity contribution >= 4 is 12.1 Å². The largest absolute Gasteiger partial charge is 0.497 e. The molecule has 1 aromatic rings. The first-order chi connectivity index (χ1) is 9.26. The molecule has 0 saturated carbocycles. The summed E-state index contributed by atoms with van der Waals surface area (Å²) in [6, 6.07) is 7.48. The molecule has 104 valence electrons. The fourth-order valence-corrected chi connectivity index (χ4v) is 1.64. The van der Waals surface area contributed by atoms with Crippen molar-refractivity contribution in [1.29, 1.82) is 0 Å². The van der Waals surface area contributed by atoms with Gasteiger partial charge in [-0.25, -0.2) is 5.43 Å². The molecular formula is C15H22N2O2. The molecule has 0 unspecified atom stereocenters. The van der Waals surface area contributed by atoms with Crippen molar-refractivity contribution < 1.29 is 9.53 Å². The number of carbonyl (C=O) groups excluding carboxylic acids is 1. The van der Waals surface area contributed by atoms with E-state index in [4.69, 9.17) is 4.74 Å². The predicted molar refractivity (Wildman–Crippen MR) is 77.5 cm³/mol. The standard InChI is InChI=1S/C15H22N2O2/c1-3-4-5-6-7-15(18)17-16-12-13-8-10-14(19-2)11-9-13/h8-12H,3-7H2,1-2H3,(H,17,18). The van der Waals surface area contributed by atoms with Crippen LogP contribution in [0.2, 0.25) is 0 Å². The van der Waals surface area contributed by atoms with Crippen LogP contribution >= 0.6 is 0 Å². The quantitative estimate of drug-likeness (QED) is 0.444. The molecule has 1 amide bonds. The van der Waals surface area contributed by atoms with E-state index in [2.05, 4.69) is 17.5 Å². The van der Waals surface area contributed by atoms with Gasteiger partial charge in [-0.3, -0.25) is 4.79 Å². The van der Waals surface area contributed by atoms with Gasteiger partial charge in [-0.05, 0) is 36.2 Å². The van der Waals surface area contributed by atoms with Crippen molar-refractivity contribution in [3.05, 3.63) is 29.8 Å². The highest BCUT2D eigenvalue weighted by molar-refractivity contribution is 5.82. The molecule has 19 heavy (non-hydrogen) atoms. The second-order valence-electron chi connectivity index (χ2n) is 4.38. The second kappa shape index (κ2) is 9.14. The Hall–Kier alpha value is -1.84. The van der Waals surface area contributed by atoms with Crippen LogP contribution in [0.25, 0.3) is 0 Å². The van der Waals surface area contributed by atoms with Gasteiger partial charge < -0.3 is 4.74 Å². The highest BCUT2D eigenvalue weighted by Crippen LogP contribution is 2.09. The molecule has 1 aromatic carbocycles. The van der Waals surface area contributed by atoms with E-state index in [9.17, 15) is 4.79 Å². The maximum Gasteiger partial charge on any atom is 0.240 e. The van der Waals surface area contributed by atoms with Crippen LogP contribution in [-0.4, -0.2) is 19.2 Å². The van der Waals surface area contributed by atoms with E-state index in [1.165, 1.54) is 12.8 Å². The lowest BCUT2D eigenvalue weighted by Gasteiger charge is -2.00. The van der Waals surface area contributed by atoms with Crippen molar-refractivity contribution in [2.45, 2.75) is 39.0 Å². The Bertz CT molecular complexity index is 399. The average Bonchev–Trinajstić information content (AvgIpc) is 2.44. The number of ether oxygens (including phenoxy) is 1. The third kappa shape index (κ3) is 6.60. The number of methoxy groups -OCH3 is 1. The number of nitrogens with zero attached hydrogens (tertiary/aromatic N) is 1. The molecule has 0 aliphatic rings. The molecule has 4 nitrogen and oxygen atoms in total. The Morgan fingerprint density at radius 2 is 2.00 bits per heavy atom. The molecule has 1 N–H and O–H groups in total. The fourth-order valence-electron chi connectivity index (χ4n) is 1.64. The van der Waals surface area contributed by atoms with Crippen LogP contribution in [0.4, 0.5) is 0 Å². The van der Waals surface area contributed by atoms with Crippen molar-refractivity contribution in [3.8, 4) is 5.75 Å². The van der Waals surface area contributed by atoms with Gasteiger partial charge in [-0.2, -0.15) is 5.10 Å². The van der Waals surface area contributed by atoms with Crippen molar-refractivity contribution in [2.75, 3.05) is 7.11 Å². The Morgan fingerprint density at radius 3 is 2.63 bits per heavy atom. The third-order valence-electron chi connectivity index (χ3n) is 2.78. The lowest BCUT2D eigenvalue weighted by atomic mass is 10.1. The molecule has 1 rings (SSSR count). The Labute approximate surface area is 114 Å². The van der Waals surface area contributed by atoms with Gasteiger partial charge >= 0.3 is 0 Å². The van der Waals surface area contributed by atoms with Gasteiger partial charge in [0.15, 0.2) is 0 Å². The topological polar surface area (TPSA) is 50.7 Å². The number of amides is 1. The number of hydrogen-bond donors (Lipinski definition) is 1. The van der Waals surface area contributed by atoms with Gasteiger partial charge in [0.2, 0.25) is 5.91 Å². The summed E-state index contributed by atoms with van der Waals surface area (Å²) in [6.07, 6.45) is 6.56. The summed E-state index contributed by atoms with van der Waals surface area (Å²) in [6.45, 7) is 2.15. The maximum atomic E-state index is 11.5. The smallest absolute Gasteiger partial charge is 0.240 e. The SMILES string of the molecule is CCCCCCC(=O)NN=Cc1ccc(OC)cc1. The summed E-state index contributed by atoms with van der Waals surface area (Å²) >= 11 is 0. The minimum Gasteiger partial charge on any atom is -0.497 e. The molecule has 0 aliphatic heterocycles. The third-order valence-corrected chi connectivity index (χ3v) is 2.78. The summed E-state index contributed by atoms with van der Waals surface area (Å²) in [5.41, 5.74) is 3.46. The lowest BCUT2D eigenvalue weighted by molar-refractivity contribution is -0.121. The Balaban J connectivity index is 2.26. The summed E-state index contributed by atoms with van der Waals surface area (Å²) in [4.78, 5) is 11.5. The van der Waals surface area contributed by atoms with Gasteiger partial charge in [0.1, 0.15) is 5.75 Å². The summed E-state index contributed by atoms with van der Waals surface area (Å²) in [5, 5.41) is 3.93. The zero-order chi connectivity index (χ0) is 13.9.